The van der Waals surface area contributed by atoms with Crippen LogP contribution in [0.4, 0.5) is 0 Å². The summed E-state index contributed by atoms with van der Waals surface area (Å²) in [7, 11) is 0. The molecule has 4 heteroatoms. The molecule has 4 nitrogen and oxygen atoms in total. The molecule has 1 N–H and O–H groups in total. The summed E-state index contributed by atoms with van der Waals surface area (Å²) in [6.45, 7) is 2.22. The predicted molar refractivity (Wildman–Crippen MR) is 57.8 cm³/mol. The van der Waals surface area contributed by atoms with Gasteiger partial charge in [0, 0.05) is 23.9 Å². The Morgan fingerprint density at radius 1 is 1.27 bits per heavy atom. The lowest BCUT2D eigenvalue weighted by atomic mass is 9.94. The first kappa shape index (κ1) is 8.85. The van der Waals surface area contributed by atoms with Gasteiger partial charge < -0.3 is 5.32 Å². The molecule has 0 aliphatic carbocycles. The maximum atomic E-state index is 4.63. The highest BCUT2D eigenvalue weighted by molar-refractivity contribution is 5.37. The quantitative estimate of drug-likeness (QED) is 0.755. The van der Waals surface area contributed by atoms with Gasteiger partial charge in [0.25, 0.3) is 0 Å². The molecule has 3 heterocycles. The second-order valence-corrected chi connectivity index (χ2v) is 4.01. The van der Waals surface area contributed by atoms with E-state index in [1.807, 2.05) is 16.8 Å². The molecule has 0 atom stereocenters. The smallest absolute Gasteiger partial charge is 0.155 e. The number of piperidine rings is 1. The minimum Gasteiger partial charge on any atom is -0.317 e. The summed E-state index contributed by atoms with van der Waals surface area (Å²) in [4.78, 5) is 4.63. The average Bonchev–Trinajstić information content (AvgIpc) is 2.77. The van der Waals surface area contributed by atoms with Crippen LogP contribution in [0.1, 0.15) is 24.5 Å². The van der Waals surface area contributed by atoms with Crippen molar-refractivity contribution in [3.63, 3.8) is 0 Å². The molecule has 0 aromatic carbocycles. The Bertz CT molecular complexity index is 456. The molecule has 0 unspecified atom stereocenters. The van der Waals surface area contributed by atoms with Gasteiger partial charge in [-0.3, -0.25) is 0 Å². The monoisotopic (exact) mass is 202 g/mol. The lowest BCUT2D eigenvalue weighted by Crippen LogP contribution is -2.27. The number of aromatic nitrogens is 3. The van der Waals surface area contributed by atoms with Crippen molar-refractivity contribution in [3.8, 4) is 0 Å². The highest BCUT2D eigenvalue weighted by Crippen LogP contribution is 2.23. The summed E-state index contributed by atoms with van der Waals surface area (Å²) >= 11 is 0. The standard InChI is InChI=1S/C11H14N4/c1-5-12-6-2-9(1)10-4-8-15-11(14-10)3-7-13-15/h3-4,7-9,12H,1-2,5-6H2. The Hall–Kier alpha value is -1.42. The Morgan fingerprint density at radius 2 is 2.13 bits per heavy atom. The number of nitrogens with one attached hydrogen (secondary N) is 1. The van der Waals surface area contributed by atoms with E-state index in [9.17, 15) is 0 Å². The van der Waals surface area contributed by atoms with Crippen LogP contribution in [0.25, 0.3) is 5.65 Å². The molecule has 0 spiro atoms. The molecular weight excluding hydrogens is 188 g/mol. The van der Waals surface area contributed by atoms with Crippen molar-refractivity contribution >= 4 is 5.65 Å². The molecular formula is C11H14N4. The molecule has 1 aliphatic rings. The van der Waals surface area contributed by atoms with Gasteiger partial charge in [-0.05, 0) is 32.0 Å². The van der Waals surface area contributed by atoms with E-state index in [4.69, 9.17) is 0 Å². The largest absolute Gasteiger partial charge is 0.317 e. The highest BCUT2D eigenvalue weighted by Gasteiger charge is 2.16. The van der Waals surface area contributed by atoms with Crippen LogP contribution in [0.2, 0.25) is 0 Å². The van der Waals surface area contributed by atoms with Gasteiger partial charge in [-0.1, -0.05) is 0 Å². The molecule has 3 rings (SSSR count). The zero-order chi connectivity index (χ0) is 10.1. The topological polar surface area (TPSA) is 42.2 Å². The van der Waals surface area contributed by atoms with E-state index in [1.165, 1.54) is 18.5 Å². The number of hydrogen-bond acceptors (Lipinski definition) is 3. The van der Waals surface area contributed by atoms with Gasteiger partial charge in [-0.25, -0.2) is 9.50 Å². The van der Waals surface area contributed by atoms with Gasteiger partial charge in [-0.2, -0.15) is 5.10 Å². The van der Waals surface area contributed by atoms with E-state index in [-0.39, 0.29) is 0 Å². The van der Waals surface area contributed by atoms with E-state index in [0.717, 1.165) is 18.7 Å². The number of nitrogens with zero attached hydrogens (tertiary/aromatic N) is 3. The van der Waals surface area contributed by atoms with Crippen molar-refractivity contribution in [3.05, 3.63) is 30.2 Å². The van der Waals surface area contributed by atoms with Crippen molar-refractivity contribution < 1.29 is 0 Å². The molecule has 2 aromatic heterocycles. The molecule has 0 radical (unpaired) electrons. The molecule has 1 aliphatic heterocycles. The summed E-state index contributed by atoms with van der Waals surface area (Å²) in [6.07, 6.45) is 6.17. The van der Waals surface area contributed by atoms with Crippen molar-refractivity contribution in [1.82, 2.24) is 19.9 Å². The van der Waals surface area contributed by atoms with E-state index in [2.05, 4.69) is 21.5 Å². The van der Waals surface area contributed by atoms with Gasteiger partial charge in [0.1, 0.15) is 0 Å². The maximum absolute atomic E-state index is 4.63. The van der Waals surface area contributed by atoms with Gasteiger partial charge >= 0.3 is 0 Å². The number of fused-ring (bicyclic) bond motifs is 1. The molecule has 1 saturated heterocycles. The Kier molecular flexibility index (Phi) is 2.14. The second-order valence-electron chi connectivity index (χ2n) is 4.01. The fourth-order valence-corrected chi connectivity index (χ4v) is 2.17. The zero-order valence-electron chi connectivity index (χ0n) is 8.56. The average molecular weight is 202 g/mol. The molecule has 15 heavy (non-hydrogen) atoms. The fourth-order valence-electron chi connectivity index (χ4n) is 2.17. The Morgan fingerprint density at radius 3 is 3.00 bits per heavy atom. The van der Waals surface area contributed by atoms with Gasteiger partial charge in [0.15, 0.2) is 5.65 Å². The third-order valence-electron chi connectivity index (χ3n) is 3.04. The normalized spacial score (nSPS) is 18.4. The van der Waals surface area contributed by atoms with Gasteiger partial charge in [-0.15, -0.1) is 0 Å². The highest BCUT2D eigenvalue weighted by atomic mass is 15.2. The molecule has 0 amide bonds. The molecule has 0 saturated carbocycles. The van der Waals surface area contributed by atoms with E-state index >= 15 is 0 Å². The molecule has 78 valence electrons. The molecule has 2 aromatic rings. The summed E-state index contributed by atoms with van der Waals surface area (Å²) < 4.78 is 1.81. The first-order chi connectivity index (χ1) is 7.43. The van der Waals surface area contributed by atoms with Gasteiger partial charge in [0.2, 0.25) is 0 Å². The van der Waals surface area contributed by atoms with Crippen LogP contribution in [-0.4, -0.2) is 27.7 Å². The summed E-state index contributed by atoms with van der Waals surface area (Å²) in [6, 6.07) is 4.04. The number of hydrogen-bond donors (Lipinski definition) is 1. The third kappa shape index (κ3) is 1.61. The van der Waals surface area contributed by atoms with Crippen LogP contribution in [0.5, 0.6) is 0 Å². The lowest BCUT2D eigenvalue weighted by Gasteiger charge is -2.21. The van der Waals surface area contributed by atoms with Crippen molar-refractivity contribution in [2.24, 2.45) is 0 Å². The van der Waals surface area contributed by atoms with Crippen LogP contribution in [0.3, 0.4) is 0 Å². The molecule has 1 fully saturated rings. The minimum absolute atomic E-state index is 0.617. The third-order valence-corrected chi connectivity index (χ3v) is 3.04. The fraction of sp³-hybridized carbons (Fsp3) is 0.455. The van der Waals surface area contributed by atoms with E-state index in [0.29, 0.717) is 5.92 Å². The van der Waals surface area contributed by atoms with E-state index < -0.39 is 0 Å². The van der Waals surface area contributed by atoms with Crippen molar-refractivity contribution in [1.29, 1.82) is 0 Å². The van der Waals surface area contributed by atoms with Crippen molar-refractivity contribution in [2.75, 3.05) is 13.1 Å². The lowest BCUT2D eigenvalue weighted by molar-refractivity contribution is 0.453. The van der Waals surface area contributed by atoms with E-state index in [1.54, 1.807) is 6.20 Å². The van der Waals surface area contributed by atoms with Gasteiger partial charge in [0.05, 0.1) is 6.20 Å². The second kappa shape index (κ2) is 3.62. The van der Waals surface area contributed by atoms with Crippen LogP contribution < -0.4 is 5.32 Å². The zero-order valence-corrected chi connectivity index (χ0v) is 8.56. The first-order valence-corrected chi connectivity index (χ1v) is 5.44. The van der Waals surface area contributed by atoms with Crippen LogP contribution in [-0.2, 0) is 0 Å². The van der Waals surface area contributed by atoms with Crippen molar-refractivity contribution in [2.45, 2.75) is 18.8 Å². The Labute approximate surface area is 88.3 Å². The summed E-state index contributed by atoms with van der Waals surface area (Å²) in [5.74, 6) is 0.617. The van der Waals surface area contributed by atoms with Crippen LogP contribution in [0.15, 0.2) is 24.5 Å². The predicted octanol–water partition coefficient (Wildman–Crippen LogP) is 1.20. The Balaban J connectivity index is 1.95. The summed E-state index contributed by atoms with van der Waals surface area (Å²) in [5, 5.41) is 7.52. The number of rotatable bonds is 1. The van der Waals surface area contributed by atoms with Crippen LogP contribution in [0, 0.1) is 0 Å². The van der Waals surface area contributed by atoms with Crippen LogP contribution >= 0.6 is 0 Å². The minimum atomic E-state index is 0.617. The first-order valence-electron chi connectivity index (χ1n) is 5.44. The summed E-state index contributed by atoms with van der Waals surface area (Å²) in [5.41, 5.74) is 2.16. The maximum Gasteiger partial charge on any atom is 0.155 e. The molecule has 0 bridgehead atoms. The SMILES string of the molecule is c1cc2nc(C3CCNCC3)ccn2n1.